The molecule has 0 aliphatic heterocycles. The zero-order valence-electron chi connectivity index (χ0n) is 14.0. The highest BCUT2D eigenvalue weighted by Crippen LogP contribution is 2.41. The van der Waals surface area contributed by atoms with E-state index in [1.54, 1.807) is 36.4 Å². The SMILES string of the molecule is C=CCc1c(OC)cc(C(=O)Oc2ccccc2)c(OC)c1OC. The van der Waals surface area contributed by atoms with Crippen molar-refractivity contribution in [1.82, 2.24) is 0 Å². The number of para-hydroxylation sites is 1. The summed E-state index contributed by atoms with van der Waals surface area (Å²) in [6.07, 6.45) is 2.23. The summed E-state index contributed by atoms with van der Waals surface area (Å²) in [6.45, 7) is 3.73. The van der Waals surface area contributed by atoms with Gasteiger partial charge in [0.1, 0.15) is 17.1 Å². The van der Waals surface area contributed by atoms with Gasteiger partial charge in [-0.05, 0) is 24.6 Å². The summed E-state index contributed by atoms with van der Waals surface area (Å²) in [7, 11) is 4.51. The van der Waals surface area contributed by atoms with Gasteiger partial charge in [0.25, 0.3) is 0 Å². The van der Waals surface area contributed by atoms with Crippen LogP contribution in [0.2, 0.25) is 0 Å². The van der Waals surface area contributed by atoms with Crippen LogP contribution in [0.1, 0.15) is 15.9 Å². The minimum Gasteiger partial charge on any atom is -0.496 e. The molecule has 0 atom stereocenters. The summed E-state index contributed by atoms with van der Waals surface area (Å²) in [5.41, 5.74) is 0.978. The number of rotatable bonds is 7. The number of allylic oxidation sites excluding steroid dienone is 1. The Hall–Kier alpha value is -2.95. The van der Waals surface area contributed by atoms with Gasteiger partial charge in [0.15, 0.2) is 11.5 Å². The van der Waals surface area contributed by atoms with Crippen molar-refractivity contribution < 1.29 is 23.7 Å². The summed E-state index contributed by atoms with van der Waals surface area (Å²) < 4.78 is 21.6. The zero-order valence-corrected chi connectivity index (χ0v) is 14.0. The van der Waals surface area contributed by atoms with Crippen molar-refractivity contribution >= 4 is 5.97 Å². The van der Waals surface area contributed by atoms with E-state index in [0.717, 1.165) is 5.56 Å². The van der Waals surface area contributed by atoms with Gasteiger partial charge in [0, 0.05) is 5.56 Å². The third kappa shape index (κ3) is 3.51. The van der Waals surface area contributed by atoms with Crippen LogP contribution in [-0.2, 0) is 6.42 Å². The second-order valence-corrected chi connectivity index (χ2v) is 4.87. The number of hydrogen-bond acceptors (Lipinski definition) is 5. The van der Waals surface area contributed by atoms with E-state index in [1.807, 2.05) is 6.07 Å². The minimum atomic E-state index is -0.556. The van der Waals surface area contributed by atoms with Crippen LogP contribution in [0.15, 0.2) is 49.1 Å². The predicted molar refractivity (Wildman–Crippen MR) is 91.4 cm³/mol. The maximum absolute atomic E-state index is 12.6. The Bertz CT molecular complexity index is 722. The van der Waals surface area contributed by atoms with Crippen molar-refractivity contribution in [1.29, 1.82) is 0 Å². The molecule has 0 heterocycles. The highest BCUT2D eigenvalue weighted by Gasteiger charge is 2.25. The molecule has 2 aromatic carbocycles. The molecule has 0 radical (unpaired) electrons. The monoisotopic (exact) mass is 328 g/mol. The van der Waals surface area contributed by atoms with Crippen LogP contribution in [-0.4, -0.2) is 27.3 Å². The molecule has 0 amide bonds. The highest BCUT2D eigenvalue weighted by atomic mass is 16.5. The second-order valence-electron chi connectivity index (χ2n) is 4.87. The molecule has 0 unspecified atom stereocenters. The standard InChI is InChI=1S/C19H20O5/c1-5-9-14-16(21-2)12-15(18(23-4)17(14)22-3)19(20)24-13-10-7-6-8-11-13/h5-8,10-12H,1,9H2,2-4H3. The van der Waals surface area contributed by atoms with Gasteiger partial charge in [-0.2, -0.15) is 0 Å². The van der Waals surface area contributed by atoms with Crippen molar-refractivity contribution in [3.63, 3.8) is 0 Å². The molecule has 0 N–H and O–H groups in total. The van der Waals surface area contributed by atoms with E-state index in [0.29, 0.717) is 29.4 Å². The molecule has 5 nitrogen and oxygen atoms in total. The first kappa shape index (κ1) is 17.4. The fraction of sp³-hybridized carbons (Fsp3) is 0.211. The lowest BCUT2D eigenvalue weighted by atomic mass is 10.0. The first-order valence-electron chi connectivity index (χ1n) is 7.36. The minimum absolute atomic E-state index is 0.225. The van der Waals surface area contributed by atoms with Crippen molar-refractivity contribution in [2.24, 2.45) is 0 Å². The Kier molecular flexibility index (Phi) is 5.84. The Morgan fingerprint density at radius 1 is 1.04 bits per heavy atom. The summed E-state index contributed by atoms with van der Waals surface area (Å²) in [4.78, 5) is 12.6. The van der Waals surface area contributed by atoms with Crippen LogP contribution in [0.5, 0.6) is 23.0 Å². The molecule has 5 heteroatoms. The largest absolute Gasteiger partial charge is 0.496 e. The number of carbonyl (C=O) groups excluding carboxylic acids is 1. The predicted octanol–water partition coefficient (Wildman–Crippen LogP) is 3.66. The number of methoxy groups -OCH3 is 3. The fourth-order valence-corrected chi connectivity index (χ4v) is 2.40. The third-order valence-corrected chi connectivity index (χ3v) is 3.45. The van der Waals surface area contributed by atoms with E-state index in [2.05, 4.69) is 6.58 Å². The number of esters is 1. The average molecular weight is 328 g/mol. The lowest BCUT2D eigenvalue weighted by Crippen LogP contribution is -2.12. The van der Waals surface area contributed by atoms with Gasteiger partial charge in [0.05, 0.1) is 21.3 Å². The van der Waals surface area contributed by atoms with Crippen LogP contribution >= 0.6 is 0 Å². The summed E-state index contributed by atoms with van der Waals surface area (Å²) in [5, 5.41) is 0. The van der Waals surface area contributed by atoms with Crippen molar-refractivity contribution in [3.05, 3.63) is 60.2 Å². The normalized spacial score (nSPS) is 9.96. The summed E-state index contributed by atoms with van der Waals surface area (Å²) in [6, 6.07) is 10.4. The molecule has 2 rings (SSSR count). The molecule has 0 fully saturated rings. The van der Waals surface area contributed by atoms with Crippen LogP contribution < -0.4 is 18.9 Å². The topological polar surface area (TPSA) is 54.0 Å². The Balaban J connectivity index is 2.52. The first-order chi connectivity index (χ1) is 11.7. The Morgan fingerprint density at radius 3 is 2.25 bits per heavy atom. The fourth-order valence-electron chi connectivity index (χ4n) is 2.40. The van der Waals surface area contributed by atoms with Gasteiger partial charge < -0.3 is 18.9 Å². The lowest BCUT2D eigenvalue weighted by Gasteiger charge is -2.18. The van der Waals surface area contributed by atoms with Gasteiger partial charge in [-0.15, -0.1) is 6.58 Å². The molecular weight excluding hydrogens is 308 g/mol. The molecule has 0 saturated heterocycles. The zero-order chi connectivity index (χ0) is 17.5. The van der Waals surface area contributed by atoms with Gasteiger partial charge >= 0.3 is 5.97 Å². The Labute approximate surface area is 141 Å². The van der Waals surface area contributed by atoms with Gasteiger partial charge in [0.2, 0.25) is 0 Å². The van der Waals surface area contributed by atoms with E-state index >= 15 is 0 Å². The number of carbonyl (C=O) groups is 1. The van der Waals surface area contributed by atoms with E-state index in [-0.39, 0.29) is 5.56 Å². The van der Waals surface area contributed by atoms with Crippen LogP contribution in [0, 0.1) is 0 Å². The number of ether oxygens (including phenoxy) is 4. The van der Waals surface area contributed by atoms with Crippen molar-refractivity contribution in [2.75, 3.05) is 21.3 Å². The molecule has 0 saturated carbocycles. The quantitative estimate of drug-likeness (QED) is 0.441. The molecule has 126 valence electrons. The molecule has 0 aromatic heterocycles. The first-order valence-corrected chi connectivity index (χ1v) is 7.36. The van der Waals surface area contributed by atoms with Crippen LogP contribution in [0.4, 0.5) is 0 Å². The smallest absolute Gasteiger partial charge is 0.347 e. The van der Waals surface area contributed by atoms with E-state index in [9.17, 15) is 4.79 Å². The maximum atomic E-state index is 12.6. The number of hydrogen-bond donors (Lipinski definition) is 0. The molecule has 0 aliphatic carbocycles. The number of benzene rings is 2. The molecule has 0 bridgehead atoms. The van der Waals surface area contributed by atoms with Crippen LogP contribution in [0.25, 0.3) is 0 Å². The summed E-state index contributed by atoms with van der Waals surface area (Å²) >= 11 is 0. The maximum Gasteiger partial charge on any atom is 0.347 e. The van der Waals surface area contributed by atoms with Crippen molar-refractivity contribution in [2.45, 2.75) is 6.42 Å². The van der Waals surface area contributed by atoms with Crippen LogP contribution in [0.3, 0.4) is 0 Å². The van der Waals surface area contributed by atoms with Crippen molar-refractivity contribution in [3.8, 4) is 23.0 Å². The van der Waals surface area contributed by atoms with E-state index in [1.165, 1.54) is 21.3 Å². The molecule has 2 aromatic rings. The van der Waals surface area contributed by atoms with Gasteiger partial charge in [-0.3, -0.25) is 0 Å². The molecule has 0 aliphatic rings. The molecular formula is C19H20O5. The molecule has 24 heavy (non-hydrogen) atoms. The highest BCUT2D eigenvalue weighted by molar-refractivity contribution is 5.96. The van der Waals surface area contributed by atoms with E-state index in [4.69, 9.17) is 18.9 Å². The van der Waals surface area contributed by atoms with Gasteiger partial charge in [-0.1, -0.05) is 24.3 Å². The summed E-state index contributed by atoms with van der Waals surface area (Å²) in [5.74, 6) is 1.12. The van der Waals surface area contributed by atoms with Gasteiger partial charge in [-0.25, -0.2) is 4.79 Å². The third-order valence-electron chi connectivity index (χ3n) is 3.45. The van der Waals surface area contributed by atoms with E-state index < -0.39 is 5.97 Å². The average Bonchev–Trinajstić information content (AvgIpc) is 2.61. The lowest BCUT2D eigenvalue weighted by molar-refractivity contribution is 0.0730. The Morgan fingerprint density at radius 2 is 1.71 bits per heavy atom. The molecule has 0 spiro atoms. The second kappa shape index (κ2) is 8.06.